The van der Waals surface area contributed by atoms with E-state index in [-0.39, 0.29) is 36.4 Å². The molecule has 2 heterocycles. The monoisotopic (exact) mass is 596 g/mol. The van der Waals surface area contributed by atoms with E-state index in [1.54, 1.807) is 4.90 Å². The standard InChI is InChI=1S/C36H44N4O4/c1-38(36(43)29-16-14-27(15-17-29)26-40-20-8-7-13-33(40)35(37)42)23-24-39-21-18-31(19-22-39)44-34(41)25-30-11-5-6-12-32(30)28-9-3-2-4-10-28/h2-6,9-12,14-17,31,33H,7-8,13,18-26H2,1H3,(H2,37,42). The maximum atomic E-state index is 13.1. The third-order valence-corrected chi connectivity index (χ3v) is 8.90. The van der Waals surface area contributed by atoms with Crippen molar-refractivity contribution in [3.63, 3.8) is 0 Å². The van der Waals surface area contributed by atoms with Crippen LogP contribution in [0.25, 0.3) is 11.1 Å². The van der Waals surface area contributed by atoms with Gasteiger partial charge in [-0.15, -0.1) is 0 Å². The highest BCUT2D eigenvalue weighted by molar-refractivity contribution is 5.94. The maximum Gasteiger partial charge on any atom is 0.310 e. The van der Waals surface area contributed by atoms with Gasteiger partial charge in [0, 0.05) is 45.3 Å². The first-order chi connectivity index (χ1) is 21.4. The summed E-state index contributed by atoms with van der Waals surface area (Å²) in [6, 6.07) is 25.6. The molecule has 8 heteroatoms. The number of carbonyl (C=O) groups excluding carboxylic acids is 3. The molecule has 5 rings (SSSR count). The number of primary amides is 1. The van der Waals surface area contributed by atoms with Crippen LogP contribution >= 0.6 is 0 Å². The smallest absolute Gasteiger partial charge is 0.310 e. The fraction of sp³-hybridized carbons (Fsp3) is 0.417. The van der Waals surface area contributed by atoms with Crippen molar-refractivity contribution >= 4 is 17.8 Å². The fourth-order valence-electron chi connectivity index (χ4n) is 6.31. The summed E-state index contributed by atoms with van der Waals surface area (Å²) < 4.78 is 5.88. The van der Waals surface area contributed by atoms with Gasteiger partial charge in [0.25, 0.3) is 5.91 Å². The summed E-state index contributed by atoms with van der Waals surface area (Å²) in [6.07, 6.45) is 4.66. The van der Waals surface area contributed by atoms with E-state index >= 15 is 0 Å². The Hall–Kier alpha value is -4.01. The molecule has 2 aliphatic rings. The van der Waals surface area contributed by atoms with Crippen molar-refractivity contribution in [2.24, 2.45) is 5.73 Å². The molecule has 3 aromatic rings. The van der Waals surface area contributed by atoms with Gasteiger partial charge in [0.2, 0.25) is 5.91 Å². The summed E-state index contributed by atoms with van der Waals surface area (Å²) >= 11 is 0. The first kappa shape index (κ1) is 31.4. The number of esters is 1. The van der Waals surface area contributed by atoms with E-state index in [1.165, 1.54) is 0 Å². The van der Waals surface area contributed by atoms with Crippen molar-refractivity contribution in [1.29, 1.82) is 0 Å². The van der Waals surface area contributed by atoms with Gasteiger partial charge in [0.05, 0.1) is 12.5 Å². The molecule has 0 aliphatic carbocycles. The topological polar surface area (TPSA) is 96.2 Å². The number of piperidine rings is 2. The molecule has 2 aliphatic heterocycles. The second kappa shape index (κ2) is 15.1. The third-order valence-electron chi connectivity index (χ3n) is 8.90. The highest BCUT2D eigenvalue weighted by Crippen LogP contribution is 2.25. The lowest BCUT2D eigenvalue weighted by Crippen LogP contribution is -2.47. The maximum absolute atomic E-state index is 13.1. The van der Waals surface area contributed by atoms with Crippen molar-refractivity contribution < 1.29 is 19.1 Å². The summed E-state index contributed by atoms with van der Waals surface area (Å²) in [5.41, 5.74) is 10.5. The van der Waals surface area contributed by atoms with Gasteiger partial charge in [-0.2, -0.15) is 0 Å². The van der Waals surface area contributed by atoms with Crippen LogP contribution in [0.5, 0.6) is 0 Å². The van der Waals surface area contributed by atoms with Crippen LogP contribution in [0, 0.1) is 0 Å². The highest BCUT2D eigenvalue weighted by atomic mass is 16.5. The molecule has 1 atom stereocenters. The first-order valence-corrected chi connectivity index (χ1v) is 15.8. The van der Waals surface area contributed by atoms with E-state index in [2.05, 4.69) is 21.9 Å². The number of likely N-dealkylation sites (tertiary alicyclic amines) is 2. The van der Waals surface area contributed by atoms with Crippen LogP contribution in [0.15, 0.2) is 78.9 Å². The van der Waals surface area contributed by atoms with Crippen LogP contribution in [0.2, 0.25) is 0 Å². The zero-order valence-electron chi connectivity index (χ0n) is 25.7. The molecule has 2 amide bonds. The summed E-state index contributed by atoms with van der Waals surface area (Å²) in [5, 5.41) is 0. The van der Waals surface area contributed by atoms with Crippen LogP contribution in [0.1, 0.15) is 53.6 Å². The molecule has 8 nitrogen and oxygen atoms in total. The number of hydrogen-bond acceptors (Lipinski definition) is 6. The van der Waals surface area contributed by atoms with Gasteiger partial charge in [0.1, 0.15) is 6.10 Å². The van der Waals surface area contributed by atoms with Crippen LogP contribution in [0.3, 0.4) is 0 Å². The Balaban J connectivity index is 1.03. The number of nitrogens with two attached hydrogens (primary N) is 1. The van der Waals surface area contributed by atoms with Crippen LogP contribution in [0.4, 0.5) is 0 Å². The SMILES string of the molecule is CN(CCN1CCC(OC(=O)Cc2ccccc2-c2ccccc2)CC1)C(=O)c1ccc(CN2CCCCC2C(N)=O)cc1. The number of likely N-dealkylation sites (N-methyl/N-ethyl adjacent to an activating group) is 1. The number of nitrogens with zero attached hydrogens (tertiary/aromatic N) is 3. The third kappa shape index (κ3) is 8.33. The Morgan fingerprint density at radius 2 is 1.57 bits per heavy atom. The Morgan fingerprint density at radius 1 is 0.864 bits per heavy atom. The summed E-state index contributed by atoms with van der Waals surface area (Å²) in [6.45, 7) is 4.57. The molecule has 232 valence electrons. The Kier molecular flexibility index (Phi) is 10.8. The lowest BCUT2D eigenvalue weighted by Gasteiger charge is -2.33. The van der Waals surface area contributed by atoms with Crippen LogP contribution in [-0.4, -0.2) is 84.4 Å². The minimum atomic E-state index is -0.260. The van der Waals surface area contributed by atoms with Crippen molar-refractivity contribution in [2.75, 3.05) is 39.8 Å². The molecule has 0 bridgehead atoms. The molecule has 0 aromatic heterocycles. The van der Waals surface area contributed by atoms with E-state index in [4.69, 9.17) is 10.5 Å². The van der Waals surface area contributed by atoms with Crippen LogP contribution in [-0.2, 0) is 27.3 Å². The van der Waals surface area contributed by atoms with Gasteiger partial charge >= 0.3 is 5.97 Å². The van der Waals surface area contributed by atoms with Crippen molar-refractivity contribution in [1.82, 2.24) is 14.7 Å². The van der Waals surface area contributed by atoms with Gasteiger partial charge < -0.3 is 20.3 Å². The highest BCUT2D eigenvalue weighted by Gasteiger charge is 2.27. The average Bonchev–Trinajstić information content (AvgIpc) is 3.05. The summed E-state index contributed by atoms with van der Waals surface area (Å²) in [4.78, 5) is 44.0. The lowest BCUT2D eigenvalue weighted by molar-refractivity contribution is -0.150. The summed E-state index contributed by atoms with van der Waals surface area (Å²) in [7, 11) is 1.84. The van der Waals surface area contributed by atoms with Crippen molar-refractivity contribution in [2.45, 2.75) is 57.2 Å². The Morgan fingerprint density at radius 3 is 2.30 bits per heavy atom. The number of ether oxygens (including phenoxy) is 1. The Labute approximate surface area is 260 Å². The molecule has 2 fully saturated rings. The summed E-state index contributed by atoms with van der Waals surface area (Å²) in [5.74, 6) is -0.458. The minimum absolute atomic E-state index is 0.0101. The molecule has 0 radical (unpaired) electrons. The van der Waals surface area contributed by atoms with Crippen molar-refractivity contribution in [3.05, 3.63) is 95.6 Å². The van der Waals surface area contributed by atoms with E-state index < -0.39 is 0 Å². The number of carbonyl (C=O) groups is 3. The van der Waals surface area contributed by atoms with Gasteiger partial charge in [-0.05, 0) is 66.6 Å². The quantitative estimate of drug-likeness (QED) is 0.327. The molecule has 2 saturated heterocycles. The second-order valence-electron chi connectivity index (χ2n) is 12.0. The molecule has 0 spiro atoms. The Bertz CT molecular complexity index is 1400. The van der Waals surface area contributed by atoms with E-state index in [1.807, 2.05) is 73.8 Å². The van der Waals surface area contributed by atoms with Crippen molar-refractivity contribution in [3.8, 4) is 11.1 Å². The number of benzene rings is 3. The molecule has 44 heavy (non-hydrogen) atoms. The van der Waals surface area contributed by atoms with Gasteiger partial charge in [0.15, 0.2) is 0 Å². The molecular weight excluding hydrogens is 552 g/mol. The number of amides is 2. The zero-order chi connectivity index (χ0) is 30.9. The van der Waals surface area contributed by atoms with E-state index in [9.17, 15) is 14.4 Å². The minimum Gasteiger partial charge on any atom is -0.462 e. The van der Waals surface area contributed by atoms with Gasteiger partial charge in [-0.25, -0.2) is 0 Å². The molecular formula is C36H44N4O4. The average molecular weight is 597 g/mol. The predicted molar refractivity (Wildman–Crippen MR) is 172 cm³/mol. The normalized spacial score (nSPS) is 18.1. The van der Waals surface area contributed by atoms with Gasteiger partial charge in [-0.3, -0.25) is 19.3 Å². The molecule has 0 saturated carbocycles. The van der Waals surface area contributed by atoms with E-state index in [0.29, 0.717) is 18.7 Å². The number of rotatable bonds is 11. The predicted octanol–water partition coefficient (Wildman–Crippen LogP) is 4.52. The molecule has 1 unspecified atom stereocenters. The fourth-order valence-corrected chi connectivity index (χ4v) is 6.31. The first-order valence-electron chi connectivity index (χ1n) is 15.8. The zero-order valence-corrected chi connectivity index (χ0v) is 25.7. The molecule has 3 aromatic carbocycles. The molecule has 2 N–H and O–H groups in total. The lowest BCUT2D eigenvalue weighted by atomic mass is 9.98. The van der Waals surface area contributed by atoms with Gasteiger partial charge in [-0.1, -0.05) is 73.2 Å². The number of hydrogen-bond donors (Lipinski definition) is 1. The largest absolute Gasteiger partial charge is 0.462 e. The second-order valence-corrected chi connectivity index (χ2v) is 12.0. The van der Waals surface area contributed by atoms with Crippen LogP contribution < -0.4 is 5.73 Å². The van der Waals surface area contributed by atoms with E-state index in [0.717, 1.165) is 80.5 Å².